The van der Waals surface area contributed by atoms with Gasteiger partial charge in [0, 0.05) is 15.6 Å². The smallest absolute Gasteiger partial charge is 0.259 e. The number of anilines is 1. The number of pyridine rings is 1. The molecule has 1 heterocycles. The van der Waals surface area contributed by atoms with Crippen LogP contribution in [0.4, 0.5) is 5.69 Å². The lowest BCUT2D eigenvalue weighted by Gasteiger charge is -2.13. The van der Waals surface area contributed by atoms with Crippen LogP contribution in [-0.2, 0) is 0 Å². The molecule has 4 nitrogen and oxygen atoms in total. The van der Waals surface area contributed by atoms with Gasteiger partial charge in [0.1, 0.15) is 5.75 Å². The molecule has 6 heteroatoms. The van der Waals surface area contributed by atoms with E-state index >= 15 is 0 Å². The number of fused-ring (bicyclic) bond motifs is 1. The van der Waals surface area contributed by atoms with E-state index in [0.717, 1.165) is 21.1 Å². The van der Waals surface area contributed by atoms with Gasteiger partial charge in [0.25, 0.3) is 5.91 Å². The summed E-state index contributed by atoms with van der Waals surface area (Å²) in [5.74, 6) is 0.227. The number of para-hydroxylation sites is 1. The van der Waals surface area contributed by atoms with E-state index < -0.39 is 0 Å². The molecule has 3 aromatic rings. The molecule has 0 spiro atoms. The van der Waals surface area contributed by atoms with Crippen LogP contribution in [0.1, 0.15) is 16.1 Å². The number of benzene rings is 2. The standard InChI is InChI=1S/C18H14Br2N2O2/c1-10-6-7-11-4-3-5-15(16(11)21-10)22-18(23)13-8-12(19)9-14(20)17(13)24-2/h3-9H,1-2H3,(H,22,23). The zero-order chi connectivity index (χ0) is 17.3. The number of carbonyl (C=O) groups is 1. The van der Waals surface area contributed by atoms with Gasteiger partial charge in [-0.15, -0.1) is 0 Å². The van der Waals surface area contributed by atoms with Gasteiger partial charge >= 0.3 is 0 Å². The summed E-state index contributed by atoms with van der Waals surface area (Å²) < 4.78 is 6.84. The topological polar surface area (TPSA) is 51.2 Å². The highest BCUT2D eigenvalue weighted by atomic mass is 79.9. The number of hydrogen-bond acceptors (Lipinski definition) is 3. The van der Waals surface area contributed by atoms with Crippen LogP contribution < -0.4 is 10.1 Å². The molecular weight excluding hydrogens is 436 g/mol. The van der Waals surface area contributed by atoms with Crippen molar-refractivity contribution < 1.29 is 9.53 Å². The molecule has 1 aromatic heterocycles. The van der Waals surface area contributed by atoms with E-state index in [1.165, 1.54) is 7.11 Å². The Bertz CT molecular complexity index is 942. The summed E-state index contributed by atoms with van der Waals surface area (Å²) >= 11 is 6.82. The molecule has 0 aliphatic carbocycles. The monoisotopic (exact) mass is 448 g/mol. The van der Waals surface area contributed by atoms with Crippen molar-refractivity contribution in [2.75, 3.05) is 12.4 Å². The van der Waals surface area contributed by atoms with Crippen molar-refractivity contribution >= 4 is 54.4 Å². The van der Waals surface area contributed by atoms with Gasteiger partial charge in [0.2, 0.25) is 0 Å². The van der Waals surface area contributed by atoms with Crippen LogP contribution in [0.15, 0.2) is 51.4 Å². The van der Waals surface area contributed by atoms with Gasteiger partial charge in [-0.3, -0.25) is 9.78 Å². The van der Waals surface area contributed by atoms with Crippen LogP contribution in [0.5, 0.6) is 5.75 Å². The highest BCUT2D eigenvalue weighted by molar-refractivity contribution is 9.11. The van der Waals surface area contributed by atoms with Gasteiger partial charge in [-0.1, -0.05) is 34.1 Å². The van der Waals surface area contributed by atoms with Crippen molar-refractivity contribution in [3.8, 4) is 5.75 Å². The lowest BCUT2D eigenvalue weighted by Crippen LogP contribution is -2.14. The van der Waals surface area contributed by atoms with E-state index in [4.69, 9.17) is 4.74 Å². The Kier molecular flexibility index (Phi) is 4.87. The molecule has 0 saturated heterocycles. The molecule has 1 amide bonds. The fourth-order valence-electron chi connectivity index (χ4n) is 2.47. The third kappa shape index (κ3) is 3.30. The van der Waals surface area contributed by atoms with Crippen LogP contribution in [0.3, 0.4) is 0 Å². The number of aryl methyl sites for hydroxylation is 1. The Labute approximate surface area is 156 Å². The summed E-state index contributed by atoms with van der Waals surface area (Å²) in [6.07, 6.45) is 0. The summed E-state index contributed by atoms with van der Waals surface area (Å²) in [7, 11) is 1.54. The predicted octanol–water partition coefficient (Wildman–Crippen LogP) is 5.33. The van der Waals surface area contributed by atoms with E-state index in [0.29, 0.717) is 21.5 Å². The number of hydrogen-bond donors (Lipinski definition) is 1. The molecule has 122 valence electrons. The minimum absolute atomic E-state index is 0.260. The molecule has 0 fully saturated rings. The van der Waals surface area contributed by atoms with Crippen molar-refractivity contribution in [3.05, 3.63) is 62.7 Å². The second-order valence-corrected chi connectivity index (χ2v) is 7.02. The summed E-state index contributed by atoms with van der Waals surface area (Å²) in [4.78, 5) is 17.3. The fraction of sp³-hybridized carbons (Fsp3) is 0.111. The molecule has 0 aliphatic rings. The van der Waals surface area contributed by atoms with Gasteiger partial charge in [0.15, 0.2) is 0 Å². The zero-order valence-electron chi connectivity index (χ0n) is 13.1. The van der Waals surface area contributed by atoms with Crippen molar-refractivity contribution in [1.29, 1.82) is 0 Å². The van der Waals surface area contributed by atoms with E-state index in [1.807, 2.05) is 43.3 Å². The lowest BCUT2D eigenvalue weighted by molar-refractivity contribution is 0.102. The molecule has 0 radical (unpaired) electrons. The Morgan fingerprint density at radius 2 is 1.96 bits per heavy atom. The number of nitrogens with zero attached hydrogens (tertiary/aromatic N) is 1. The highest BCUT2D eigenvalue weighted by Crippen LogP contribution is 2.33. The molecular formula is C18H14Br2N2O2. The maximum Gasteiger partial charge on any atom is 0.259 e. The minimum Gasteiger partial charge on any atom is -0.495 e. The molecule has 0 aliphatic heterocycles. The molecule has 0 bridgehead atoms. The van der Waals surface area contributed by atoms with Gasteiger partial charge in [0.05, 0.1) is 28.4 Å². The average Bonchev–Trinajstić information content (AvgIpc) is 2.54. The number of carbonyl (C=O) groups excluding carboxylic acids is 1. The van der Waals surface area contributed by atoms with E-state index in [2.05, 4.69) is 42.2 Å². The summed E-state index contributed by atoms with van der Waals surface area (Å²) in [6.45, 7) is 1.92. The highest BCUT2D eigenvalue weighted by Gasteiger charge is 2.17. The van der Waals surface area contributed by atoms with Crippen LogP contribution in [0, 0.1) is 6.92 Å². The molecule has 0 atom stereocenters. The quantitative estimate of drug-likeness (QED) is 0.587. The maximum atomic E-state index is 12.8. The Hall–Kier alpha value is -1.92. The minimum atomic E-state index is -0.260. The lowest BCUT2D eigenvalue weighted by atomic mass is 10.1. The summed E-state index contributed by atoms with van der Waals surface area (Å²) in [6, 6.07) is 13.2. The van der Waals surface area contributed by atoms with Crippen LogP contribution in [-0.4, -0.2) is 18.0 Å². The fourth-order valence-corrected chi connectivity index (χ4v) is 3.86. The van der Waals surface area contributed by atoms with Crippen LogP contribution in [0.2, 0.25) is 0 Å². The first-order valence-electron chi connectivity index (χ1n) is 7.20. The SMILES string of the molecule is COc1c(Br)cc(Br)cc1C(=O)Nc1cccc2ccc(C)nc12. The molecule has 0 unspecified atom stereocenters. The summed E-state index contributed by atoms with van der Waals surface area (Å²) in [5.41, 5.74) is 2.76. The third-order valence-electron chi connectivity index (χ3n) is 3.56. The molecule has 2 aromatic carbocycles. The number of nitrogens with one attached hydrogen (secondary N) is 1. The van der Waals surface area contributed by atoms with Gasteiger partial charge in [-0.05, 0) is 47.1 Å². The number of amides is 1. The average molecular weight is 450 g/mol. The van der Waals surface area contributed by atoms with Gasteiger partial charge in [-0.2, -0.15) is 0 Å². The van der Waals surface area contributed by atoms with Crippen LogP contribution in [0.25, 0.3) is 10.9 Å². The number of rotatable bonds is 3. The molecule has 24 heavy (non-hydrogen) atoms. The number of ether oxygens (including phenoxy) is 1. The van der Waals surface area contributed by atoms with E-state index in [9.17, 15) is 4.79 Å². The maximum absolute atomic E-state index is 12.8. The Morgan fingerprint density at radius 3 is 2.71 bits per heavy atom. The van der Waals surface area contributed by atoms with Crippen molar-refractivity contribution in [2.45, 2.75) is 6.92 Å². The van der Waals surface area contributed by atoms with Crippen molar-refractivity contribution in [2.24, 2.45) is 0 Å². The second kappa shape index (κ2) is 6.91. The first-order valence-corrected chi connectivity index (χ1v) is 8.79. The second-order valence-electron chi connectivity index (χ2n) is 5.25. The molecule has 0 saturated carbocycles. The predicted molar refractivity (Wildman–Crippen MR) is 103 cm³/mol. The number of methoxy groups -OCH3 is 1. The third-order valence-corrected chi connectivity index (χ3v) is 4.61. The van der Waals surface area contributed by atoms with Crippen molar-refractivity contribution in [3.63, 3.8) is 0 Å². The zero-order valence-corrected chi connectivity index (χ0v) is 16.2. The number of halogens is 2. The first-order chi connectivity index (χ1) is 11.5. The van der Waals surface area contributed by atoms with Crippen LogP contribution >= 0.6 is 31.9 Å². The Balaban J connectivity index is 2.04. The Morgan fingerprint density at radius 1 is 1.17 bits per heavy atom. The molecule has 3 rings (SSSR count). The molecule has 1 N–H and O–H groups in total. The summed E-state index contributed by atoms with van der Waals surface area (Å²) in [5, 5.41) is 3.91. The number of aromatic nitrogens is 1. The largest absolute Gasteiger partial charge is 0.495 e. The van der Waals surface area contributed by atoms with Gasteiger partial charge < -0.3 is 10.1 Å². The van der Waals surface area contributed by atoms with E-state index in [1.54, 1.807) is 6.07 Å². The van der Waals surface area contributed by atoms with Crippen molar-refractivity contribution in [1.82, 2.24) is 4.98 Å². The normalized spacial score (nSPS) is 10.7. The van der Waals surface area contributed by atoms with E-state index in [-0.39, 0.29) is 5.91 Å². The van der Waals surface area contributed by atoms with Gasteiger partial charge in [-0.25, -0.2) is 0 Å². The first kappa shape index (κ1) is 16.9.